The molecule has 1 N–H and O–H groups in total. The third kappa shape index (κ3) is 4.35. The number of hydrogen-bond donors (Lipinski definition) is 1. The summed E-state index contributed by atoms with van der Waals surface area (Å²) < 4.78 is 0. The zero-order valence-electron chi connectivity index (χ0n) is 13.5. The first-order valence-corrected chi connectivity index (χ1v) is 7.80. The first kappa shape index (κ1) is 16.1. The number of carbonyl (C=O) groups excluding carboxylic acids is 1. The molecule has 22 heavy (non-hydrogen) atoms. The summed E-state index contributed by atoms with van der Waals surface area (Å²) in [5, 5.41) is 2.96. The maximum absolute atomic E-state index is 12.2. The van der Waals surface area contributed by atoms with E-state index in [-0.39, 0.29) is 5.91 Å². The van der Waals surface area contributed by atoms with E-state index in [0.29, 0.717) is 12.5 Å². The van der Waals surface area contributed by atoms with Gasteiger partial charge in [0.15, 0.2) is 0 Å². The minimum Gasteiger partial charge on any atom is -0.362 e. The van der Waals surface area contributed by atoms with Gasteiger partial charge in [-0.25, -0.2) is 0 Å². The van der Waals surface area contributed by atoms with E-state index >= 15 is 0 Å². The van der Waals surface area contributed by atoms with Crippen LogP contribution in [0.5, 0.6) is 0 Å². The second-order valence-corrected chi connectivity index (χ2v) is 5.67. The molecule has 3 nitrogen and oxygen atoms in total. The number of hydrogen-bond acceptors (Lipinski definition) is 2. The van der Waals surface area contributed by atoms with Gasteiger partial charge in [-0.2, -0.15) is 0 Å². The van der Waals surface area contributed by atoms with Crippen molar-refractivity contribution in [2.75, 3.05) is 23.3 Å². The molecule has 0 aliphatic carbocycles. The summed E-state index contributed by atoms with van der Waals surface area (Å²) >= 11 is 0. The number of carbonyl (C=O) groups is 1. The number of rotatable bonds is 6. The van der Waals surface area contributed by atoms with Gasteiger partial charge in [0, 0.05) is 17.9 Å². The fourth-order valence-electron chi connectivity index (χ4n) is 2.35. The predicted molar refractivity (Wildman–Crippen MR) is 93.5 cm³/mol. The molecule has 0 aliphatic rings. The van der Waals surface area contributed by atoms with Crippen LogP contribution >= 0.6 is 0 Å². The number of anilines is 2. The Kier molecular flexibility index (Phi) is 5.59. The fourth-order valence-corrected chi connectivity index (χ4v) is 2.35. The molecule has 0 atom stereocenters. The number of likely N-dealkylation sites (N-methyl/N-ethyl adjacent to an activating group) is 1. The smallest absolute Gasteiger partial charge is 0.243 e. The molecule has 0 unspecified atom stereocenters. The highest BCUT2D eigenvalue weighted by atomic mass is 16.2. The second kappa shape index (κ2) is 7.64. The van der Waals surface area contributed by atoms with Gasteiger partial charge >= 0.3 is 0 Å². The number of nitrogens with zero attached hydrogens (tertiary/aromatic N) is 1. The standard InChI is InChI=1S/C19H24N2O/c1-4-21(18-8-6-5-7-9-18)14-19(22)20-17-12-10-16(11-13-17)15(2)3/h5-13,15H,4,14H2,1-3H3,(H,20,22). The Morgan fingerprint density at radius 1 is 1.05 bits per heavy atom. The van der Waals surface area contributed by atoms with Crippen LogP contribution in [0.2, 0.25) is 0 Å². The molecule has 116 valence electrons. The molecular formula is C19H24N2O. The van der Waals surface area contributed by atoms with Crippen LogP contribution in [0.4, 0.5) is 11.4 Å². The average Bonchev–Trinajstić information content (AvgIpc) is 2.54. The van der Waals surface area contributed by atoms with Gasteiger partial charge in [-0.3, -0.25) is 4.79 Å². The normalized spacial score (nSPS) is 10.5. The second-order valence-electron chi connectivity index (χ2n) is 5.67. The molecule has 0 aromatic heterocycles. The molecule has 2 aromatic rings. The highest BCUT2D eigenvalue weighted by Gasteiger charge is 2.10. The largest absolute Gasteiger partial charge is 0.362 e. The van der Waals surface area contributed by atoms with Gasteiger partial charge in [0.2, 0.25) is 5.91 Å². The lowest BCUT2D eigenvalue weighted by Crippen LogP contribution is -2.33. The maximum atomic E-state index is 12.2. The minimum atomic E-state index is 0.00278. The van der Waals surface area contributed by atoms with Crippen LogP contribution in [0.3, 0.4) is 0 Å². The van der Waals surface area contributed by atoms with Gasteiger partial charge in [0.05, 0.1) is 6.54 Å². The van der Waals surface area contributed by atoms with E-state index in [2.05, 4.69) is 43.1 Å². The Hall–Kier alpha value is -2.29. The molecular weight excluding hydrogens is 272 g/mol. The molecule has 0 bridgehead atoms. The van der Waals surface area contributed by atoms with Gasteiger partial charge in [0.1, 0.15) is 0 Å². The Labute approximate surface area is 133 Å². The van der Waals surface area contributed by atoms with Crippen molar-refractivity contribution >= 4 is 17.3 Å². The van der Waals surface area contributed by atoms with Crippen LogP contribution in [0.1, 0.15) is 32.3 Å². The summed E-state index contributed by atoms with van der Waals surface area (Å²) in [5.41, 5.74) is 3.19. The van der Waals surface area contributed by atoms with Crippen molar-refractivity contribution in [3.63, 3.8) is 0 Å². The third-order valence-corrected chi connectivity index (χ3v) is 3.70. The van der Waals surface area contributed by atoms with E-state index in [4.69, 9.17) is 0 Å². The van der Waals surface area contributed by atoms with Crippen molar-refractivity contribution in [1.82, 2.24) is 0 Å². The van der Waals surface area contributed by atoms with Gasteiger partial charge in [0.25, 0.3) is 0 Å². The molecule has 2 aromatic carbocycles. The topological polar surface area (TPSA) is 32.3 Å². The summed E-state index contributed by atoms with van der Waals surface area (Å²) in [6, 6.07) is 18.1. The first-order chi connectivity index (χ1) is 10.6. The monoisotopic (exact) mass is 296 g/mol. The van der Waals surface area contributed by atoms with Crippen molar-refractivity contribution in [3.8, 4) is 0 Å². The van der Waals surface area contributed by atoms with Crippen LogP contribution in [0.15, 0.2) is 54.6 Å². The highest BCUT2D eigenvalue weighted by Crippen LogP contribution is 2.17. The Morgan fingerprint density at radius 2 is 1.68 bits per heavy atom. The number of nitrogens with one attached hydrogen (secondary N) is 1. The molecule has 1 amide bonds. The zero-order valence-corrected chi connectivity index (χ0v) is 13.5. The zero-order chi connectivity index (χ0) is 15.9. The Bertz CT molecular complexity index is 591. The van der Waals surface area contributed by atoms with Crippen LogP contribution in [0.25, 0.3) is 0 Å². The fraction of sp³-hybridized carbons (Fsp3) is 0.316. The molecule has 3 heteroatoms. The molecule has 0 fully saturated rings. The number of amides is 1. The minimum absolute atomic E-state index is 0.00278. The van der Waals surface area contributed by atoms with Crippen LogP contribution in [-0.2, 0) is 4.79 Å². The van der Waals surface area contributed by atoms with Crippen molar-refractivity contribution in [3.05, 3.63) is 60.2 Å². The van der Waals surface area contributed by atoms with Gasteiger partial charge in [-0.15, -0.1) is 0 Å². The van der Waals surface area contributed by atoms with Crippen molar-refractivity contribution in [1.29, 1.82) is 0 Å². The third-order valence-electron chi connectivity index (χ3n) is 3.70. The van der Waals surface area contributed by atoms with E-state index in [1.54, 1.807) is 0 Å². The Morgan fingerprint density at radius 3 is 2.23 bits per heavy atom. The van der Waals surface area contributed by atoms with Crippen LogP contribution < -0.4 is 10.2 Å². The molecule has 0 spiro atoms. The van der Waals surface area contributed by atoms with Crippen molar-refractivity contribution < 1.29 is 4.79 Å². The van der Waals surface area contributed by atoms with E-state index < -0.39 is 0 Å². The molecule has 0 radical (unpaired) electrons. The number of benzene rings is 2. The number of para-hydroxylation sites is 1. The lowest BCUT2D eigenvalue weighted by Gasteiger charge is -2.22. The van der Waals surface area contributed by atoms with E-state index in [9.17, 15) is 4.79 Å². The van der Waals surface area contributed by atoms with E-state index in [0.717, 1.165) is 17.9 Å². The van der Waals surface area contributed by atoms with Crippen LogP contribution in [-0.4, -0.2) is 19.0 Å². The first-order valence-electron chi connectivity index (χ1n) is 7.80. The summed E-state index contributed by atoms with van der Waals surface area (Å²) in [4.78, 5) is 14.3. The lowest BCUT2D eigenvalue weighted by molar-refractivity contribution is -0.115. The average molecular weight is 296 g/mol. The molecule has 0 saturated carbocycles. The Balaban J connectivity index is 1.97. The quantitative estimate of drug-likeness (QED) is 0.863. The summed E-state index contributed by atoms with van der Waals surface area (Å²) in [5.74, 6) is 0.501. The molecule has 0 aliphatic heterocycles. The SMILES string of the molecule is CCN(CC(=O)Nc1ccc(C(C)C)cc1)c1ccccc1. The van der Waals surface area contributed by atoms with Crippen molar-refractivity contribution in [2.45, 2.75) is 26.7 Å². The molecule has 2 rings (SSSR count). The summed E-state index contributed by atoms with van der Waals surface area (Å²) in [6.45, 7) is 7.52. The van der Waals surface area contributed by atoms with Gasteiger partial charge in [-0.1, -0.05) is 44.2 Å². The molecule has 0 heterocycles. The van der Waals surface area contributed by atoms with Gasteiger partial charge < -0.3 is 10.2 Å². The molecule has 0 saturated heterocycles. The van der Waals surface area contributed by atoms with E-state index in [1.807, 2.05) is 42.5 Å². The summed E-state index contributed by atoms with van der Waals surface area (Å²) in [6.07, 6.45) is 0. The van der Waals surface area contributed by atoms with Crippen molar-refractivity contribution in [2.24, 2.45) is 0 Å². The maximum Gasteiger partial charge on any atom is 0.243 e. The van der Waals surface area contributed by atoms with Gasteiger partial charge in [-0.05, 0) is 42.7 Å². The van der Waals surface area contributed by atoms with E-state index in [1.165, 1.54) is 5.56 Å². The highest BCUT2D eigenvalue weighted by molar-refractivity contribution is 5.94. The summed E-state index contributed by atoms with van der Waals surface area (Å²) in [7, 11) is 0. The predicted octanol–water partition coefficient (Wildman–Crippen LogP) is 4.28. The van der Waals surface area contributed by atoms with Crippen LogP contribution in [0, 0.1) is 0 Å². The lowest BCUT2D eigenvalue weighted by atomic mass is 10.0.